The molecule has 0 aliphatic rings. The predicted octanol–water partition coefficient (Wildman–Crippen LogP) is 0.754. The molecule has 154 valence electrons. The maximum Gasteiger partial charge on any atom is 1.00 e. The van der Waals surface area contributed by atoms with Crippen LogP contribution in [0.4, 0.5) is 11.6 Å². The molecule has 3 rings (SSSR count). The van der Waals surface area contributed by atoms with Gasteiger partial charge in [0.1, 0.15) is 20.5 Å². The summed E-state index contributed by atoms with van der Waals surface area (Å²) in [5.74, 6) is -1.06. The summed E-state index contributed by atoms with van der Waals surface area (Å²) >= 11 is 6.91. The molecule has 8 nitrogen and oxygen atoms in total. The number of thiophene rings is 1. The molecule has 3 aromatic rings. The first-order valence-electron chi connectivity index (χ1n) is 8.34. The van der Waals surface area contributed by atoms with Crippen LogP contribution in [-0.2, 0) is 10.0 Å². The Hall–Kier alpha value is -1.56. The van der Waals surface area contributed by atoms with E-state index in [4.69, 9.17) is 16.1 Å². The topological polar surface area (TPSA) is 124 Å². The second-order valence-corrected chi connectivity index (χ2v) is 9.37. The fraction of sp³-hybridized carbons (Fsp3) is 0.222. The van der Waals surface area contributed by atoms with Gasteiger partial charge in [0.2, 0.25) is 0 Å². The van der Waals surface area contributed by atoms with Gasteiger partial charge < -0.3 is 14.9 Å². The zero-order valence-corrected chi connectivity index (χ0v) is 21.3. The molecule has 2 N–H and O–H groups in total. The van der Waals surface area contributed by atoms with Crippen LogP contribution in [0.2, 0.25) is 5.02 Å². The third kappa shape index (κ3) is 4.68. The number of hydrogen-bond donors (Lipinski definition) is 2. The molecule has 0 radical (unpaired) electrons. The van der Waals surface area contributed by atoms with Crippen molar-refractivity contribution in [3.8, 4) is 5.75 Å². The van der Waals surface area contributed by atoms with Gasteiger partial charge in [0.05, 0.1) is 0 Å². The molecule has 0 fully saturated rings. The number of aryl methyl sites for hydroxylation is 3. The van der Waals surface area contributed by atoms with E-state index in [9.17, 15) is 18.3 Å². The van der Waals surface area contributed by atoms with Gasteiger partial charge in [-0.15, -0.1) is 17.1 Å². The molecule has 0 aliphatic carbocycles. The van der Waals surface area contributed by atoms with Crippen molar-refractivity contribution in [1.29, 1.82) is 0 Å². The largest absolute Gasteiger partial charge is 1.00 e. The zero-order chi connectivity index (χ0) is 21.5. The van der Waals surface area contributed by atoms with Crippen molar-refractivity contribution in [2.45, 2.75) is 32.6 Å². The average molecular weight is 478 g/mol. The summed E-state index contributed by atoms with van der Waals surface area (Å²) in [6, 6.07) is 2.97. The third-order valence-corrected chi connectivity index (χ3v) is 7.14. The van der Waals surface area contributed by atoms with Gasteiger partial charge in [0.15, 0.2) is 0 Å². The number of aromatic nitrogens is 1. The molecule has 2 aromatic heterocycles. The van der Waals surface area contributed by atoms with E-state index in [1.54, 1.807) is 33.8 Å². The quantitative estimate of drug-likeness (QED) is 0.523. The van der Waals surface area contributed by atoms with Crippen LogP contribution in [0.1, 0.15) is 32.1 Å². The van der Waals surface area contributed by atoms with Crippen LogP contribution < -0.4 is 44.7 Å². The Morgan fingerprint density at radius 1 is 1.23 bits per heavy atom. The fourth-order valence-corrected chi connectivity index (χ4v) is 5.30. The van der Waals surface area contributed by atoms with Crippen LogP contribution in [0.25, 0.3) is 0 Å². The summed E-state index contributed by atoms with van der Waals surface area (Å²) in [5, 5.41) is 19.9. The second kappa shape index (κ2) is 9.29. The molecule has 30 heavy (non-hydrogen) atoms. The molecule has 0 atom stereocenters. The Morgan fingerprint density at radius 3 is 2.50 bits per heavy atom. The first-order chi connectivity index (χ1) is 13.5. The van der Waals surface area contributed by atoms with Gasteiger partial charge in [-0.05, 0) is 50.3 Å². The second-order valence-electron chi connectivity index (χ2n) is 6.42. The summed E-state index contributed by atoms with van der Waals surface area (Å²) in [5.41, 5.74) is 2.35. The number of anilines is 2. The van der Waals surface area contributed by atoms with Crippen molar-refractivity contribution in [2.24, 2.45) is 0 Å². The van der Waals surface area contributed by atoms with E-state index < -0.39 is 15.9 Å². The van der Waals surface area contributed by atoms with E-state index in [-0.39, 0.29) is 56.0 Å². The molecule has 1 amide bonds. The number of rotatable bonds is 5. The number of nitrogens with one attached hydrogen (secondary N) is 2. The van der Waals surface area contributed by atoms with Crippen LogP contribution in [0.3, 0.4) is 0 Å². The third-order valence-electron chi connectivity index (χ3n) is 4.28. The molecule has 0 unspecified atom stereocenters. The van der Waals surface area contributed by atoms with Gasteiger partial charge in [-0.3, -0.25) is 4.79 Å². The van der Waals surface area contributed by atoms with Crippen LogP contribution in [-0.4, -0.2) is 19.5 Å². The van der Waals surface area contributed by atoms with E-state index >= 15 is 0 Å². The van der Waals surface area contributed by atoms with Crippen molar-refractivity contribution >= 4 is 50.4 Å². The molecule has 0 bridgehead atoms. The normalized spacial score (nSPS) is 11.1. The van der Waals surface area contributed by atoms with Crippen LogP contribution in [0, 0.1) is 27.7 Å². The SMILES string of the molecule is Cc1cc(C)c(NC(=O)c2sccc2S(=O)(=O)Nc2onc(C)c2Cl)c(C)c1[O-].[Na+]. The monoisotopic (exact) mass is 477 g/mol. The number of sulfonamides is 1. The number of amides is 1. The molecular weight excluding hydrogens is 461 g/mol. The average Bonchev–Trinajstić information content (AvgIpc) is 3.26. The van der Waals surface area contributed by atoms with Gasteiger partial charge >= 0.3 is 29.6 Å². The Morgan fingerprint density at radius 2 is 1.90 bits per heavy atom. The number of carbonyl (C=O) groups excluding carboxylic acids is 1. The van der Waals surface area contributed by atoms with Crippen molar-refractivity contribution in [3.63, 3.8) is 0 Å². The van der Waals surface area contributed by atoms with Crippen LogP contribution in [0.5, 0.6) is 5.75 Å². The zero-order valence-electron chi connectivity index (χ0n) is 16.9. The summed E-state index contributed by atoms with van der Waals surface area (Å²) in [4.78, 5) is 12.5. The standard InChI is InChI=1S/C18H18ClN3O5S2.Na/c1-8-7-9(2)15(23)10(3)14(8)20-17(24)16-12(5-6-28-16)29(25,26)22-18-13(19)11(4)21-27-18;/h5-7,22-23H,1-4H3,(H,20,24);/q;+1/p-1. The first-order valence-corrected chi connectivity index (χ1v) is 11.1. The molecule has 1 aromatic carbocycles. The van der Waals surface area contributed by atoms with Crippen molar-refractivity contribution in [3.05, 3.63) is 49.8 Å². The van der Waals surface area contributed by atoms with Crippen molar-refractivity contribution in [2.75, 3.05) is 10.0 Å². The molecule has 0 saturated carbocycles. The minimum atomic E-state index is -4.16. The van der Waals surface area contributed by atoms with Gasteiger partial charge in [-0.2, -0.15) is 0 Å². The summed E-state index contributed by atoms with van der Waals surface area (Å²) in [6.07, 6.45) is 0. The maximum atomic E-state index is 12.8. The minimum absolute atomic E-state index is 0. The molecule has 0 spiro atoms. The van der Waals surface area contributed by atoms with Crippen molar-refractivity contribution in [1.82, 2.24) is 5.16 Å². The smallest absolute Gasteiger partial charge is 0.872 e. The summed E-state index contributed by atoms with van der Waals surface area (Å²) in [6.45, 7) is 6.63. The van der Waals surface area contributed by atoms with E-state index in [0.717, 1.165) is 11.3 Å². The van der Waals surface area contributed by atoms with Crippen molar-refractivity contribution < 1.29 is 52.4 Å². The molecule has 12 heteroatoms. The van der Waals surface area contributed by atoms with Gasteiger partial charge in [0, 0.05) is 5.69 Å². The predicted molar refractivity (Wildman–Crippen MR) is 109 cm³/mol. The van der Waals surface area contributed by atoms with E-state index in [0.29, 0.717) is 28.1 Å². The number of halogens is 1. The minimum Gasteiger partial charge on any atom is -0.872 e. The summed E-state index contributed by atoms with van der Waals surface area (Å²) in [7, 11) is -4.16. The van der Waals surface area contributed by atoms with Gasteiger partial charge in [-0.1, -0.05) is 28.4 Å². The number of benzene rings is 1. The molecule has 0 aliphatic heterocycles. The fourth-order valence-electron chi connectivity index (χ4n) is 2.80. The first kappa shape index (κ1) is 24.7. The van der Waals surface area contributed by atoms with Crippen LogP contribution in [0.15, 0.2) is 26.9 Å². The van der Waals surface area contributed by atoms with Crippen LogP contribution >= 0.6 is 22.9 Å². The Kier molecular flexibility index (Phi) is 7.65. The maximum absolute atomic E-state index is 12.8. The number of nitrogens with zero attached hydrogens (tertiary/aromatic N) is 1. The Bertz CT molecular complexity index is 1220. The van der Waals surface area contributed by atoms with Gasteiger partial charge in [-0.25, -0.2) is 13.1 Å². The Balaban J connectivity index is 0.00000320. The number of carbonyl (C=O) groups is 1. The molecule has 0 saturated heterocycles. The van der Waals surface area contributed by atoms with Gasteiger partial charge in [0.25, 0.3) is 21.8 Å². The van der Waals surface area contributed by atoms with E-state index in [2.05, 4.69) is 15.2 Å². The van der Waals surface area contributed by atoms with E-state index in [1.165, 1.54) is 11.4 Å². The molecule has 2 heterocycles. The molecular formula is C18H17ClN3NaO5S2. The summed E-state index contributed by atoms with van der Waals surface area (Å²) < 4.78 is 32.6. The number of hydrogen-bond acceptors (Lipinski definition) is 7. The Labute approximate surface area is 205 Å². The van der Waals surface area contributed by atoms with E-state index in [1.807, 2.05) is 0 Å².